The second kappa shape index (κ2) is 7.04. The molecule has 1 saturated heterocycles. The van der Waals surface area contributed by atoms with Crippen molar-refractivity contribution < 1.29 is 19.2 Å². The van der Waals surface area contributed by atoms with Gasteiger partial charge in [-0.2, -0.15) is 0 Å². The normalized spacial score (nSPS) is 22.5. The van der Waals surface area contributed by atoms with E-state index in [1.165, 1.54) is 6.92 Å². The van der Waals surface area contributed by atoms with E-state index in [0.29, 0.717) is 11.4 Å². The smallest absolute Gasteiger partial charge is 0.244 e. The average molecular weight is 343 g/mol. The van der Waals surface area contributed by atoms with Crippen molar-refractivity contribution in [2.45, 2.75) is 32.6 Å². The summed E-state index contributed by atoms with van der Waals surface area (Å²) in [5.41, 5.74) is 1.16. The minimum absolute atomic E-state index is 0.177. The van der Waals surface area contributed by atoms with Crippen molar-refractivity contribution >= 4 is 35.0 Å². The summed E-state index contributed by atoms with van der Waals surface area (Å²) in [6.45, 7) is 1.16. The van der Waals surface area contributed by atoms with E-state index >= 15 is 0 Å². The first-order chi connectivity index (χ1) is 12.0. The molecule has 2 atom stereocenters. The highest BCUT2D eigenvalue weighted by atomic mass is 16.2. The standard InChI is InChI=1S/C18H21N3O4/c1-11(22)19-12-6-8-13(9-7-12)20-16(23)10-21-17(24)14-4-2-3-5-15(14)18(21)25/h6-9,14-15H,2-5,10H2,1H3,(H,19,22)(H,20,23)/t14-,15-/m0/s1. The quantitative estimate of drug-likeness (QED) is 0.814. The van der Waals surface area contributed by atoms with E-state index in [1.54, 1.807) is 24.3 Å². The summed E-state index contributed by atoms with van der Waals surface area (Å²) >= 11 is 0. The predicted octanol–water partition coefficient (Wildman–Crippen LogP) is 1.76. The van der Waals surface area contributed by atoms with Crippen LogP contribution in [0.25, 0.3) is 0 Å². The predicted molar refractivity (Wildman–Crippen MR) is 91.5 cm³/mol. The first-order valence-corrected chi connectivity index (χ1v) is 8.48. The molecule has 132 valence electrons. The highest BCUT2D eigenvalue weighted by Gasteiger charge is 2.48. The van der Waals surface area contributed by atoms with Gasteiger partial charge in [0.1, 0.15) is 6.54 Å². The fraction of sp³-hybridized carbons (Fsp3) is 0.444. The molecule has 1 heterocycles. The number of hydrogen-bond acceptors (Lipinski definition) is 4. The number of carbonyl (C=O) groups is 4. The van der Waals surface area contributed by atoms with E-state index in [4.69, 9.17) is 0 Å². The summed E-state index contributed by atoms with van der Waals surface area (Å²) in [5, 5.41) is 5.31. The molecule has 7 nitrogen and oxygen atoms in total. The number of fused-ring (bicyclic) bond motifs is 1. The lowest BCUT2D eigenvalue weighted by molar-refractivity contribution is -0.142. The zero-order valence-electron chi connectivity index (χ0n) is 14.1. The third-order valence-corrected chi connectivity index (χ3v) is 4.72. The van der Waals surface area contributed by atoms with Gasteiger partial charge in [0.15, 0.2) is 0 Å². The third-order valence-electron chi connectivity index (χ3n) is 4.72. The Bertz CT molecular complexity index is 690. The van der Waals surface area contributed by atoms with E-state index in [2.05, 4.69) is 10.6 Å². The maximum Gasteiger partial charge on any atom is 0.244 e. The van der Waals surface area contributed by atoms with Gasteiger partial charge in [0, 0.05) is 18.3 Å². The number of carbonyl (C=O) groups excluding carboxylic acids is 4. The molecule has 2 N–H and O–H groups in total. The first-order valence-electron chi connectivity index (χ1n) is 8.48. The molecule has 0 spiro atoms. The third kappa shape index (κ3) is 3.70. The zero-order chi connectivity index (χ0) is 18.0. The van der Waals surface area contributed by atoms with Crippen molar-refractivity contribution in [3.8, 4) is 0 Å². The average Bonchev–Trinajstić information content (AvgIpc) is 2.82. The molecule has 2 fully saturated rings. The topological polar surface area (TPSA) is 95.6 Å². The summed E-state index contributed by atoms with van der Waals surface area (Å²) < 4.78 is 0. The molecule has 0 radical (unpaired) electrons. The number of rotatable bonds is 4. The molecule has 1 aliphatic heterocycles. The van der Waals surface area contributed by atoms with Gasteiger partial charge in [-0.05, 0) is 37.1 Å². The second-order valence-electron chi connectivity index (χ2n) is 6.57. The van der Waals surface area contributed by atoms with Crippen LogP contribution in [0.2, 0.25) is 0 Å². The van der Waals surface area contributed by atoms with Crippen molar-refractivity contribution in [2.24, 2.45) is 11.8 Å². The van der Waals surface area contributed by atoms with E-state index in [-0.39, 0.29) is 36.1 Å². The van der Waals surface area contributed by atoms with Crippen LogP contribution in [0.15, 0.2) is 24.3 Å². The molecule has 0 unspecified atom stereocenters. The molecule has 4 amide bonds. The van der Waals surface area contributed by atoms with Crippen molar-refractivity contribution in [1.29, 1.82) is 0 Å². The van der Waals surface area contributed by atoms with E-state index in [1.807, 2.05) is 0 Å². The second-order valence-corrected chi connectivity index (χ2v) is 6.57. The summed E-state index contributed by atoms with van der Waals surface area (Å²) in [6, 6.07) is 6.63. The Morgan fingerprint density at radius 3 is 1.92 bits per heavy atom. The van der Waals surface area contributed by atoms with Crippen LogP contribution in [0.4, 0.5) is 11.4 Å². The van der Waals surface area contributed by atoms with Crippen molar-refractivity contribution in [1.82, 2.24) is 4.90 Å². The molecule has 3 rings (SSSR count). The molecule has 1 aromatic carbocycles. The zero-order valence-corrected chi connectivity index (χ0v) is 14.1. The van der Waals surface area contributed by atoms with Crippen LogP contribution >= 0.6 is 0 Å². The van der Waals surface area contributed by atoms with Gasteiger partial charge in [-0.15, -0.1) is 0 Å². The van der Waals surface area contributed by atoms with Gasteiger partial charge in [0.05, 0.1) is 11.8 Å². The fourth-order valence-corrected chi connectivity index (χ4v) is 3.57. The van der Waals surface area contributed by atoms with Crippen LogP contribution in [-0.4, -0.2) is 35.1 Å². The van der Waals surface area contributed by atoms with E-state index in [0.717, 1.165) is 30.6 Å². The number of nitrogens with one attached hydrogen (secondary N) is 2. The maximum atomic E-state index is 12.4. The Balaban J connectivity index is 1.60. The van der Waals surface area contributed by atoms with Gasteiger partial charge in [-0.1, -0.05) is 12.8 Å². The number of amides is 4. The number of benzene rings is 1. The molecule has 1 saturated carbocycles. The molecule has 7 heteroatoms. The van der Waals surface area contributed by atoms with Gasteiger partial charge in [0.2, 0.25) is 23.6 Å². The van der Waals surface area contributed by atoms with Crippen LogP contribution in [0, 0.1) is 11.8 Å². The molecular weight excluding hydrogens is 322 g/mol. The summed E-state index contributed by atoms with van der Waals surface area (Å²) in [5.74, 6) is -1.51. The van der Waals surface area contributed by atoms with Crippen molar-refractivity contribution in [3.05, 3.63) is 24.3 Å². The van der Waals surface area contributed by atoms with Crippen molar-refractivity contribution in [3.63, 3.8) is 0 Å². The lowest BCUT2D eigenvalue weighted by Gasteiger charge is -2.19. The van der Waals surface area contributed by atoms with E-state index < -0.39 is 5.91 Å². The molecule has 1 aliphatic carbocycles. The minimum Gasteiger partial charge on any atom is -0.326 e. The molecule has 1 aromatic rings. The largest absolute Gasteiger partial charge is 0.326 e. The summed E-state index contributed by atoms with van der Waals surface area (Å²) in [6.07, 6.45) is 3.39. The van der Waals surface area contributed by atoms with Gasteiger partial charge >= 0.3 is 0 Å². The van der Waals surface area contributed by atoms with Gasteiger partial charge in [-0.25, -0.2) is 0 Å². The molecular formula is C18H21N3O4. The number of imide groups is 1. The molecule has 0 aromatic heterocycles. The molecule has 25 heavy (non-hydrogen) atoms. The van der Waals surface area contributed by atoms with E-state index in [9.17, 15) is 19.2 Å². The summed E-state index contributed by atoms with van der Waals surface area (Å²) in [7, 11) is 0. The SMILES string of the molecule is CC(=O)Nc1ccc(NC(=O)CN2C(=O)[C@H]3CCCC[C@@H]3C2=O)cc1. The van der Waals surface area contributed by atoms with Gasteiger partial charge in [0.25, 0.3) is 0 Å². The van der Waals surface area contributed by atoms with Crippen LogP contribution in [0.3, 0.4) is 0 Å². The Hall–Kier alpha value is -2.70. The lowest BCUT2D eigenvalue weighted by atomic mass is 9.81. The number of likely N-dealkylation sites (tertiary alicyclic amines) is 1. The lowest BCUT2D eigenvalue weighted by Crippen LogP contribution is -2.38. The first kappa shape index (κ1) is 17.1. The maximum absolute atomic E-state index is 12.4. The number of nitrogens with zero attached hydrogens (tertiary/aromatic N) is 1. The van der Waals surface area contributed by atoms with Gasteiger partial charge < -0.3 is 10.6 Å². The monoisotopic (exact) mass is 343 g/mol. The number of anilines is 2. The summed E-state index contributed by atoms with van der Waals surface area (Å²) in [4.78, 5) is 49.0. The van der Waals surface area contributed by atoms with Crippen molar-refractivity contribution in [2.75, 3.05) is 17.2 Å². The molecule has 2 aliphatic rings. The van der Waals surface area contributed by atoms with Crippen LogP contribution in [0.5, 0.6) is 0 Å². The Kier molecular flexibility index (Phi) is 4.83. The van der Waals surface area contributed by atoms with Crippen LogP contribution in [-0.2, 0) is 19.2 Å². The number of hydrogen-bond donors (Lipinski definition) is 2. The minimum atomic E-state index is -0.410. The van der Waals surface area contributed by atoms with Crippen LogP contribution < -0.4 is 10.6 Å². The highest BCUT2D eigenvalue weighted by molar-refractivity contribution is 6.08. The Morgan fingerprint density at radius 2 is 1.44 bits per heavy atom. The van der Waals surface area contributed by atoms with Crippen LogP contribution in [0.1, 0.15) is 32.6 Å². The Labute approximate surface area is 145 Å². The fourth-order valence-electron chi connectivity index (χ4n) is 3.57. The Morgan fingerprint density at radius 1 is 0.960 bits per heavy atom. The highest BCUT2D eigenvalue weighted by Crippen LogP contribution is 2.37. The molecule has 0 bridgehead atoms. The van der Waals surface area contributed by atoms with Gasteiger partial charge in [-0.3, -0.25) is 24.1 Å².